The molecule has 1 aromatic carbocycles. The number of hydrogen-bond acceptors (Lipinski definition) is 5. The molecule has 2 fully saturated rings. The van der Waals surface area contributed by atoms with Crippen molar-refractivity contribution in [3.8, 4) is 5.69 Å². The summed E-state index contributed by atoms with van der Waals surface area (Å²) in [6.07, 6.45) is 7.45. The maximum atomic E-state index is 12.9. The molecule has 2 aromatic rings. The molecule has 1 aliphatic carbocycles. The van der Waals surface area contributed by atoms with Crippen molar-refractivity contribution in [1.82, 2.24) is 25.1 Å². The summed E-state index contributed by atoms with van der Waals surface area (Å²) in [5, 5.41) is 12.8. The number of tetrazole rings is 1. The van der Waals surface area contributed by atoms with Gasteiger partial charge in [-0.3, -0.25) is 4.79 Å². The molecule has 0 spiro atoms. The van der Waals surface area contributed by atoms with Crippen LogP contribution in [0.1, 0.15) is 49.7 Å². The number of piperidine rings is 1. The summed E-state index contributed by atoms with van der Waals surface area (Å²) in [6, 6.07) is 6.62. The zero-order valence-electron chi connectivity index (χ0n) is 16.1. The van der Waals surface area contributed by atoms with Crippen LogP contribution in [0.3, 0.4) is 0 Å². The fourth-order valence-corrected chi connectivity index (χ4v) is 5.21. The molecule has 2 heterocycles. The van der Waals surface area contributed by atoms with Crippen LogP contribution in [0.15, 0.2) is 23.4 Å². The third kappa shape index (κ3) is 3.88. The highest BCUT2D eigenvalue weighted by molar-refractivity contribution is 7.99. The minimum Gasteiger partial charge on any atom is -0.339 e. The average Bonchev–Trinajstić information content (AvgIpc) is 3.16. The first-order valence-corrected chi connectivity index (χ1v) is 10.9. The molecule has 4 rings (SSSR count). The highest BCUT2D eigenvalue weighted by Gasteiger charge is 2.35. The Hall–Kier alpha value is -1.89. The van der Waals surface area contributed by atoms with Crippen LogP contribution in [0.25, 0.3) is 5.69 Å². The lowest BCUT2D eigenvalue weighted by atomic mass is 9.78. The van der Waals surface area contributed by atoms with Gasteiger partial charge in [0.05, 0.1) is 11.4 Å². The standard InChI is InChI=1S/C20H27N5OS/c1-14-9-10-17(12-15(14)2)25-20(21-22-23-25)27-13-19(26)24-11-5-7-16-6-3-4-8-18(16)24/h9-10,12,16,18H,3-8,11,13H2,1-2H3/t16-,18-/m0/s1. The van der Waals surface area contributed by atoms with E-state index < -0.39 is 0 Å². The zero-order chi connectivity index (χ0) is 18.8. The van der Waals surface area contributed by atoms with E-state index in [0.29, 0.717) is 22.9 Å². The number of carbonyl (C=O) groups excluding carboxylic acids is 1. The molecule has 6 nitrogen and oxygen atoms in total. The number of carbonyl (C=O) groups is 1. The largest absolute Gasteiger partial charge is 0.339 e. The minimum absolute atomic E-state index is 0.228. The van der Waals surface area contributed by atoms with Crippen molar-refractivity contribution in [2.45, 2.75) is 63.6 Å². The van der Waals surface area contributed by atoms with Gasteiger partial charge in [0.15, 0.2) is 0 Å². The van der Waals surface area contributed by atoms with Crippen molar-refractivity contribution < 1.29 is 4.79 Å². The SMILES string of the molecule is Cc1ccc(-n2nnnc2SCC(=O)N2CCC[C@@H]3CCCC[C@@H]32)cc1C. The van der Waals surface area contributed by atoms with Crippen LogP contribution >= 0.6 is 11.8 Å². The number of fused-ring (bicyclic) bond motifs is 1. The van der Waals surface area contributed by atoms with Crippen molar-refractivity contribution in [1.29, 1.82) is 0 Å². The molecule has 7 heteroatoms. The lowest BCUT2D eigenvalue weighted by Crippen LogP contribution is -2.50. The number of benzene rings is 1. The van der Waals surface area contributed by atoms with Gasteiger partial charge in [-0.05, 0) is 79.1 Å². The Morgan fingerprint density at radius 1 is 1.15 bits per heavy atom. The van der Waals surface area contributed by atoms with Gasteiger partial charge in [-0.25, -0.2) is 0 Å². The average molecular weight is 386 g/mol. The van der Waals surface area contributed by atoms with Gasteiger partial charge in [0.2, 0.25) is 11.1 Å². The van der Waals surface area contributed by atoms with Crippen molar-refractivity contribution in [2.24, 2.45) is 5.92 Å². The Morgan fingerprint density at radius 3 is 2.81 bits per heavy atom. The molecule has 1 aromatic heterocycles. The number of rotatable bonds is 4. The molecule has 1 saturated carbocycles. The molecule has 1 aliphatic heterocycles. The summed E-state index contributed by atoms with van der Waals surface area (Å²) >= 11 is 1.44. The second-order valence-corrected chi connectivity index (χ2v) is 8.71. The number of amides is 1. The van der Waals surface area contributed by atoms with E-state index in [4.69, 9.17) is 0 Å². The fraction of sp³-hybridized carbons (Fsp3) is 0.600. The van der Waals surface area contributed by atoms with Crippen LogP contribution in [-0.4, -0.2) is 49.4 Å². The van der Waals surface area contributed by atoms with Crippen LogP contribution in [0.4, 0.5) is 0 Å². The smallest absolute Gasteiger partial charge is 0.233 e. The van der Waals surface area contributed by atoms with Crippen LogP contribution in [0.2, 0.25) is 0 Å². The van der Waals surface area contributed by atoms with Crippen molar-refractivity contribution in [3.63, 3.8) is 0 Å². The van der Waals surface area contributed by atoms with Gasteiger partial charge in [0, 0.05) is 12.6 Å². The Balaban J connectivity index is 1.44. The van der Waals surface area contributed by atoms with Crippen LogP contribution in [-0.2, 0) is 4.79 Å². The zero-order valence-corrected chi connectivity index (χ0v) is 16.9. The van der Waals surface area contributed by atoms with Crippen LogP contribution in [0.5, 0.6) is 0 Å². The highest BCUT2D eigenvalue weighted by atomic mass is 32.2. The first-order chi connectivity index (χ1) is 13.1. The quantitative estimate of drug-likeness (QED) is 0.753. The highest BCUT2D eigenvalue weighted by Crippen LogP contribution is 2.35. The molecule has 0 N–H and O–H groups in total. The number of nitrogens with zero attached hydrogens (tertiary/aromatic N) is 5. The van der Waals surface area contributed by atoms with Gasteiger partial charge >= 0.3 is 0 Å². The van der Waals surface area contributed by atoms with E-state index in [2.05, 4.69) is 46.4 Å². The molecule has 1 amide bonds. The summed E-state index contributed by atoms with van der Waals surface area (Å²) in [4.78, 5) is 15.1. The maximum Gasteiger partial charge on any atom is 0.233 e. The lowest BCUT2D eigenvalue weighted by Gasteiger charge is -2.44. The van der Waals surface area contributed by atoms with Gasteiger partial charge < -0.3 is 4.90 Å². The molecule has 0 bridgehead atoms. The van der Waals surface area contributed by atoms with Crippen molar-refractivity contribution in [3.05, 3.63) is 29.3 Å². The summed E-state index contributed by atoms with van der Waals surface area (Å²) in [5.74, 6) is 1.34. The summed E-state index contributed by atoms with van der Waals surface area (Å²) < 4.78 is 1.73. The third-order valence-electron chi connectivity index (χ3n) is 6.06. The first-order valence-electron chi connectivity index (χ1n) is 9.92. The molecule has 27 heavy (non-hydrogen) atoms. The van der Waals surface area contributed by atoms with E-state index >= 15 is 0 Å². The number of thioether (sulfide) groups is 1. The van der Waals surface area contributed by atoms with Gasteiger partial charge in [0.1, 0.15) is 0 Å². The molecule has 0 radical (unpaired) electrons. The lowest BCUT2D eigenvalue weighted by molar-refractivity contribution is -0.134. The summed E-state index contributed by atoms with van der Waals surface area (Å²) in [5.41, 5.74) is 3.37. The summed E-state index contributed by atoms with van der Waals surface area (Å²) in [6.45, 7) is 5.07. The van der Waals surface area contributed by atoms with Gasteiger partial charge in [-0.15, -0.1) is 5.10 Å². The van der Waals surface area contributed by atoms with Crippen LogP contribution in [0, 0.1) is 19.8 Å². The fourth-order valence-electron chi connectivity index (χ4n) is 4.43. The molecular formula is C20H27N5OS. The topological polar surface area (TPSA) is 63.9 Å². The van der Waals surface area contributed by atoms with Gasteiger partial charge in [0.25, 0.3) is 0 Å². The van der Waals surface area contributed by atoms with E-state index in [1.54, 1.807) is 4.68 Å². The van der Waals surface area contributed by atoms with Crippen molar-refractivity contribution >= 4 is 17.7 Å². The van der Waals surface area contributed by atoms with E-state index in [9.17, 15) is 4.79 Å². The monoisotopic (exact) mass is 385 g/mol. The van der Waals surface area contributed by atoms with Crippen LogP contribution < -0.4 is 0 Å². The van der Waals surface area contributed by atoms with Gasteiger partial charge in [-0.1, -0.05) is 30.7 Å². The molecule has 1 saturated heterocycles. The van der Waals surface area contributed by atoms with E-state index in [-0.39, 0.29) is 5.91 Å². The molecule has 144 valence electrons. The number of aryl methyl sites for hydroxylation is 2. The molecular weight excluding hydrogens is 358 g/mol. The molecule has 0 unspecified atom stereocenters. The second-order valence-electron chi connectivity index (χ2n) is 7.77. The Labute approximate surface area is 164 Å². The van der Waals surface area contributed by atoms with E-state index in [1.165, 1.54) is 55.0 Å². The van der Waals surface area contributed by atoms with Gasteiger partial charge in [-0.2, -0.15) is 4.68 Å². The second kappa shape index (κ2) is 8.00. The predicted octanol–water partition coefficient (Wildman–Crippen LogP) is 3.55. The minimum atomic E-state index is 0.228. The summed E-state index contributed by atoms with van der Waals surface area (Å²) in [7, 11) is 0. The maximum absolute atomic E-state index is 12.9. The molecule has 2 atom stereocenters. The third-order valence-corrected chi connectivity index (χ3v) is 6.97. The van der Waals surface area contributed by atoms with E-state index in [0.717, 1.165) is 18.7 Å². The number of aromatic nitrogens is 4. The van der Waals surface area contributed by atoms with Crippen molar-refractivity contribution in [2.75, 3.05) is 12.3 Å². The Kier molecular flexibility index (Phi) is 5.48. The Morgan fingerprint density at radius 2 is 1.96 bits per heavy atom. The number of likely N-dealkylation sites (tertiary alicyclic amines) is 1. The normalized spacial score (nSPS) is 22.5. The van der Waals surface area contributed by atoms with E-state index in [1.807, 2.05) is 6.07 Å². The Bertz CT molecular complexity index is 818. The first kappa shape index (κ1) is 18.5. The predicted molar refractivity (Wildman–Crippen MR) is 106 cm³/mol. The molecule has 2 aliphatic rings. The number of hydrogen-bond donors (Lipinski definition) is 0.